The summed E-state index contributed by atoms with van der Waals surface area (Å²) in [6, 6.07) is 7.81. The maximum absolute atomic E-state index is 13.0. The molecule has 2 nitrogen and oxygen atoms in total. The van der Waals surface area contributed by atoms with Crippen molar-refractivity contribution in [3.05, 3.63) is 35.9 Å². The summed E-state index contributed by atoms with van der Waals surface area (Å²) in [5.41, 5.74) is 0.745. The summed E-state index contributed by atoms with van der Waals surface area (Å²) in [5, 5.41) is 0. The molecule has 0 aliphatic carbocycles. The van der Waals surface area contributed by atoms with Crippen molar-refractivity contribution in [3.8, 4) is 0 Å². The second-order valence-corrected chi connectivity index (χ2v) is 4.53. The molecular weight excluding hydrogens is 281 g/mol. The second kappa shape index (κ2) is 5.76. The molecule has 0 heterocycles. The van der Waals surface area contributed by atoms with Gasteiger partial charge in [-0.3, -0.25) is 4.79 Å². The first-order chi connectivity index (χ1) is 9.07. The van der Waals surface area contributed by atoms with E-state index >= 15 is 0 Å². The predicted octanol–water partition coefficient (Wildman–Crippen LogP) is 3.27. The number of rotatable bonds is 4. The molecule has 0 aliphatic rings. The van der Waals surface area contributed by atoms with E-state index in [0.717, 1.165) is 12.6 Å². The van der Waals surface area contributed by atoms with Crippen LogP contribution < -0.4 is 0 Å². The lowest BCUT2D eigenvalue weighted by atomic mass is 10.1. The summed E-state index contributed by atoms with van der Waals surface area (Å²) in [7, 11) is 0.940. The summed E-state index contributed by atoms with van der Waals surface area (Å²) in [5.74, 6) is -7.61. The normalized spacial score (nSPS) is 13.9. The third-order valence-corrected chi connectivity index (χ3v) is 2.98. The molecule has 1 amide bonds. The van der Waals surface area contributed by atoms with Crippen molar-refractivity contribution >= 4 is 5.91 Å². The Morgan fingerprint density at radius 1 is 1.15 bits per heavy atom. The van der Waals surface area contributed by atoms with Crippen molar-refractivity contribution in [2.45, 2.75) is 31.5 Å². The summed E-state index contributed by atoms with van der Waals surface area (Å²) in [4.78, 5) is 11.7. The van der Waals surface area contributed by atoms with E-state index in [1.54, 1.807) is 30.3 Å². The Kier molecular flexibility index (Phi) is 4.73. The van der Waals surface area contributed by atoms with Crippen LogP contribution in [-0.4, -0.2) is 36.0 Å². The van der Waals surface area contributed by atoms with Crippen molar-refractivity contribution < 1.29 is 26.7 Å². The topological polar surface area (TPSA) is 20.3 Å². The molecule has 0 spiro atoms. The SMILES string of the molecule is CC(Cc1ccccc1)N(C)C(=O)C(F)(F)C(F)(F)F. The molecule has 1 unspecified atom stereocenters. The molecule has 20 heavy (non-hydrogen) atoms. The van der Waals surface area contributed by atoms with Crippen LogP contribution in [0.1, 0.15) is 12.5 Å². The largest absolute Gasteiger partial charge is 0.463 e. The third-order valence-electron chi connectivity index (χ3n) is 2.98. The molecule has 1 aromatic rings. The fourth-order valence-electron chi connectivity index (χ4n) is 1.64. The average molecular weight is 295 g/mol. The third kappa shape index (κ3) is 3.46. The summed E-state index contributed by atoms with van der Waals surface area (Å²) >= 11 is 0. The van der Waals surface area contributed by atoms with E-state index in [2.05, 4.69) is 0 Å². The monoisotopic (exact) mass is 295 g/mol. The van der Waals surface area contributed by atoms with E-state index in [9.17, 15) is 26.7 Å². The Hall–Kier alpha value is -1.66. The van der Waals surface area contributed by atoms with Crippen molar-refractivity contribution in [1.29, 1.82) is 0 Å². The van der Waals surface area contributed by atoms with E-state index in [-0.39, 0.29) is 6.42 Å². The highest BCUT2D eigenvalue weighted by atomic mass is 19.4. The number of likely N-dealkylation sites (N-methyl/N-ethyl adjacent to an activating group) is 1. The lowest BCUT2D eigenvalue weighted by Crippen LogP contribution is -2.53. The van der Waals surface area contributed by atoms with Gasteiger partial charge in [0.15, 0.2) is 0 Å². The standard InChI is InChI=1S/C13H14F5NO/c1-9(8-10-6-4-3-5-7-10)19(2)11(20)12(14,15)13(16,17)18/h3-7,9H,8H2,1-2H3. The molecule has 0 N–H and O–H groups in total. The molecule has 0 radical (unpaired) electrons. The zero-order chi connectivity index (χ0) is 15.6. The maximum atomic E-state index is 13.0. The van der Waals surface area contributed by atoms with Gasteiger partial charge in [-0.1, -0.05) is 30.3 Å². The lowest BCUT2D eigenvalue weighted by molar-refractivity contribution is -0.274. The zero-order valence-corrected chi connectivity index (χ0v) is 10.9. The molecule has 1 rings (SSSR count). The molecule has 1 aromatic carbocycles. The number of hydrogen-bond acceptors (Lipinski definition) is 1. The van der Waals surface area contributed by atoms with Crippen molar-refractivity contribution in [2.24, 2.45) is 0 Å². The van der Waals surface area contributed by atoms with Gasteiger partial charge in [-0.2, -0.15) is 22.0 Å². The van der Waals surface area contributed by atoms with Gasteiger partial charge in [-0.05, 0) is 18.9 Å². The molecule has 112 valence electrons. The first-order valence-corrected chi connectivity index (χ1v) is 5.83. The fourth-order valence-corrected chi connectivity index (χ4v) is 1.64. The van der Waals surface area contributed by atoms with Gasteiger partial charge in [0.05, 0.1) is 0 Å². The minimum Gasteiger partial charge on any atom is -0.337 e. The van der Waals surface area contributed by atoms with Gasteiger partial charge < -0.3 is 4.90 Å². The van der Waals surface area contributed by atoms with Gasteiger partial charge in [0.1, 0.15) is 0 Å². The first-order valence-electron chi connectivity index (χ1n) is 5.83. The van der Waals surface area contributed by atoms with Crippen LogP contribution in [0.2, 0.25) is 0 Å². The number of amides is 1. The number of halogens is 5. The van der Waals surface area contributed by atoms with Gasteiger partial charge in [0.25, 0.3) is 0 Å². The highest BCUT2D eigenvalue weighted by Gasteiger charge is 2.64. The molecule has 0 bridgehead atoms. The quantitative estimate of drug-likeness (QED) is 0.781. The van der Waals surface area contributed by atoms with Crippen LogP contribution >= 0.6 is 0 Å². The maximum Gasteiger partial charge on any atom is 0.463 e. The fraction of sp³-hybridized carbons (Fsp3) is 0.462. The Bertz CT molecular complexity index is 458. The van der Waals surface area contributed by atoms with Gasteiger partial charge >= 0.3 is 18.0 Å². The molecule has 0 aliphatic heterocycles. The van der Waals surface area contributed by atoms with Gasteiger partial charge in [-0.15, -0.1) is 0 Å². The minimum atomic E-state index is -5.88. The number of alkyl halides is 5. The minimum absolute atomic E-state index is 0.191. The van der Waals surface area contributed by atoms with Crippen LogP contribution in [0, 0.1) is 0 Å². The number of hydrogen-bond donors (Lipinski definition) is 0. The molecule has 0 saturated carbocycles. The number of benzene rings is 1. The Labute approximate surface area is 113 Å². The van der Waals surface area contributed by atoms with Crippen molar-refractivity contribution in [1.82, 2.24) is 4.90 Å². The van der Waals surface area contributed by atoms with Crippen LogP contribution in [0.15, 0.2) is 30.3 Å². The Balaban J connectivity index is 2.79. The van der Waals surface area contributed by atoms with Gasteiger partial charge in [-0.25, -0.2) is 0 Å². The molecular formula is C13H14F5NO. The van der Waals surface area contributed by atoms with Crippen molar-refractivity contribution in [3.63, 3.8) is 0 Å². The van der Waals surface area contributed by atoms with Crippen molar-refractivity contribution in [2.75, 3.05) is 7.05 Å². The van der Waals surface area contributed by atoms with Crippen LogP contribution in [0.4, 0.5) is 22.0 Å². The summed E-state index contributed by atoms with van der Waals surface area (Å²) in [6.07, 6.45) is -5.69. The summed E-state index contributed by atoms with van der Waals surface area (Å²) in [6.45, 7) is 1.41. The smallest absolute Gasteiger partial charge is 0.337 e. The van der Waals surface area contributed by atoms with E-state index in [1.807, 2.05) is 0 Å². The Morgan fingerprint density at radius 2 is 1.65 bits per heavy atom. The molecule has 0 fully saturated rings. The number of carbonyl (C=O) groups excluding carboxylic acids is 1. The van der Waals surface area contributed by atoms with E-state index in [0.29, 0.717) is 4.90 Å². The molecule has 7 heteroatoms. The highest BCUT2D eigenvalue weighted by molar-refractivity contribution is 5.84. The first kappa shape index (κ1) is 16.4. The zero-order valence-electron chi connectivity index (χ0n) is 10.9. The number of carbonyl (C=O) groups is 1. The Morgan fingerprint density at radius 3 is 2.10 bits per heavy atom. The average Bonchev–Trinajstić information content (AvgIpc) is 2.36. The number of nitrogens with zero attached hydrogens (tertiary/aromatic N) is 1. The van der Waals surface area contributed by atoms with E-state index in [4.69, 9.17) is 0 Å². The van der Waals surface area contributed by atoms with Crippen LogP contribution in [0.3, 0.4) is 0 Å². The second-order valence-electron chi connectivity index (χ2n) is 4.53. The van der Waals surface area contributed by atoms with E-state index < -0.39 is 24.0 Å². The van der Waals surface area contributed by atoms with Gasteiger partial charge in [0, 0.05) is 13.1 Å². The van der Waals surface area contributed by atoms with Crippen LogP contribution in [0.5, 0.6) is 0 Å². The molecule has 0 saturated heterocycles. The molecule has 1 atom stereocenters. The lowest BCUT2D eigenvalue weighted by Gasteiger charge is -2.29. The molecule has 0 aromatic heterocycles. The predicted molar refractivity (Wildman–Crippen MR) is 63.4 cm³/mol. The summed E-state index contributed by atoms with van der Waals surface area (Å²) < 4.78 is 62.3. The van der Waals surface area contributed by atoms with Gasteiger partial charge in [0.2, 0.25) is 0 Å². The van der Waals surface area contributed by atoms with Crippen LogP contribution in [0.25, 0.3) is 0 Å². The van der Waals surface area contributed by atoms with E-state index in [1.165, 1.54) is 6.92 Å². The highest BCUT2D eigenvalue weighted by Crippen LogP contribution is 2.37. The van der Waals surface area contributed by atoms with Crippen LogP contribution in [-0.2, 0) is 11.2 Å².